The number of rotatable bonds is 7. The number of ether oxygens (including phenoxy) is 1. The number of benzene rings is 1. The fourth-order valence-electron chi connectivity index (χ4n) is 1.98. The highest BCUT2D eigenvalue weighted by molar-refractivity contribution is 7.89. The van der Waals surface area contributed by atoms with Crippen LogP contribution >= 0.6 is 11.3 Å². The van der Waals surface area contributed by atoms with Crippen LogP contribution in [0.5, 0.6) is 0 Å². The summed E-state index contributed by atoms with van der Waals surface area (Å²) in [6, 6.07) is 5.84. The largest absolute Gasteiger partial charge is 0.455 e. The molecule has 0 radical (unpaired) electrons. The first kappa shape index (κ1) is 20.0. The zero-order valence-corrected chi connectivity index (χ0v) is 16.2. The summed E-state index contributed by atoms with van der Waals surface area (Å²) in [5.74, 6) is -1.12. The Hall–Kier alpha value is -2.30. The maximum atomic E-state index is 12.1. The van der Waals surface area contributed by atoms with Gasteiger partial charge in [0.05, 0.1) is 22.0 Å². The number of sulfonamides is 1. The van der Waals surface area contributed by atoms with Gasteiger partial charge in [-0.3, -0.25) is 9.59 Å². The Morgan fingerprint density at radius 1 is 1.31 bits per heavy atom. The van der Waals surface area contributed by atoms with Gasteiger partial charge in [-0.15, -0.1) is 11.3 Å². The number of thiazole rings is 1. The van der Waals surface area contributed by atoms with E-state index in [4.69, 9.17) is 4.74 Å². The van der Waals surface area contributed by atoms with Crippen molar-refractivity contribution in [3.63, 3.8) is 0 Å². The number of amides is 1. The van der Waals surface area contributed by atoms with Crippen LogP contribution in [0, 0.1) is 6.92 Å². The van der Waals surface area contributed by atoms with Crippen molar-refractivity contribution in [3.8, 4) is 0 Å². The van der Waals surface area contributed by atoms with Crippen LogP contribution in [0.4, 0.5) is 5.69 Å². The van der Waals surface area contributed by atoms with Gasteiger partial charge in [0.2, 0.25) is 10.0 Å². The van der Waals surface area contributed by atoms with Gasteiger partial charge in [-0.2, -0.15) is 0 Å². The minimum absolute atomic E-state index is 0.00577. The van der Waals surface area contributed by atoms with E-state index in [2.05, 4.69) is 10.3 Å². The lowest BCUT2D eigenvalue weighted by molar-refractivity contribution is -0.146. The van der Waals surface area contributed by atoms with Gasteiger partial charge in [0.1, 0.15) is 0 Å². The fourth-order valence-corrected chi connectivity index (χ4v) is 3.54. The number of nitrogens with zero attached hydrogens (tertiary/aromatic N) is 2. The third kappa shape index (κ3) is 5.35. The maximum Gasteiger partial charge on any atom is 0.312 e. The average molecular weight is 397 g/mol. The van der Waals surface area contributed by atoms with Crippen LogP contribution in [-0.4, -0.2) is 50.3 Å². The first-order valence-electron chi connectivity index (χ1n) is 7.57. The molecule has 0 aliphatic carbocycles. The minimum Gasteiger partial charge on any atom is -0.455 e. The molecule has 10 heteroatoms. The Balaban J connectivity index is 1.91. The molecule has 0 fully saturated rings. The Kier molecular flexibility index (Phi) is 6.46. The molecule has 1 heterocycles. The predicted molar refractivity (Wildman–Crippen MR) is 97.5 cm³/mol. The molecule has 26 heavy (non-hydrogen) atoms. The molecule has 140 valence electrons. The highest BCUT2D eigenvalue weighted by Crippen LogP contribution is 2.18. The van der Waals surface area contributed by atoms with Gasteiger partial charge in [-0.25, -0.2) is 17.7 Å². The van der Waals surface area contributed by atoms with Gasteiger partial charge in [0.25, 0.3) is 5.91 Å². The topological polar surface area (TPSA) is 106 Å². The number of hydrogen-bond donors (Lipinski definition) is 1. The van der Waals surface area contributed by atoms with Crippen LogP contribution in [0.25, 0.3) is 0 Å². The molecule has 2 aromatic rings. The molecular formula is C16H19N3O5S2. The van der Waals surface area contributed by atoms with Crippen molar-refractivity contribution in [2.45, 2.75) is 18.2 Å². The molecule has 8 nitrogen and oxygen atoms in total. The zero-order chi connectivity index (χ0) is 19.3. The van der Waals surface area contributed by atoms with E-state index in [1.54, 1.807) is 11.4 Å². The molecule has 0 aliphatic rings. The summed E-state index contributed by atoms with van der Waals surface area (Å²) in [5, 5.41) is 5.11. The van der Waals surface area contributed by atoms with Gasteiger partial charge >= 0.3 is 5.97 Å². The fraction of sp³-hybridized carbons (Fsp3) is 0.312. The summed E-state index contributed by atoms with van der Waals surface area (Å²) in [6.45, 7) is 1.37. The smallest absolute Gasteiger partial charge is 0.312 e. The second-order valence-electron chi connectivity index (χ2n) is 5.56. The van der Waals surface area contributed by atoms with Crippen LogP contribution in [0.3, 0.4) is 0 Å². The predicted octanol–water partition coefficient (Wildman–Crippen LogP) is 1.43. The Bertz CT molecular complexity index is 906. The van der Waals surface area contributed by atoms with E-state index in [0.29, 0.717) is 11.4 Å². The number of aryl methyl sites for hydroxylation is 1. The second kappa shape index (κ2) is 8.39. The number of carbonyl (C=O) groups is 2. The summed E-state index contributed by atoms with van der Waals surface area (Å²) < 4.78 is 30.2. The quantitative estimate of drug-likeness (QED) is 0.709. The maximum absolute atomic E-state index is 12.1. The number of nitrogens with one attached hydrogen (secondary N) is 1. The van der Waals surface area contributed by atoms with Crippen LogP contribution in [0.2, 0.25) is 0 Å². The molecule has 1 aromatic heterocycles. The SMILES string of the molecule is Cc1nc(CC(=O)OCC(=O)Nc2cccc(S(=O)(=O)N(C)C)c2)cs1. The van der Waals surface area contributed by atoms with Crippen LogP contribution in [0.1, 0.15) is 10.7 Å². The van der Waals surface area contributed by atoms with E-state index in [9.17, 15) is 18.0 Å². The van der Waals surface area contributed by atoms with E-state index in [-0.39, 0.29) is 11.3 Å². The zero-order valence-electron chi connectivity index (χ0n) is 14.6. The highest BCUT2D eigenvalue weighted by atomic mass is 32.2. The molecule has 0 saturated carbocycles. The van der Waals surface area contributed by atoms with E-state index < -0.39 is 28.5 Å². The van der Waals surface area contributed by atoms with Crippen molar-refractivity contribution >= 4 is 38.9 Å². The first-order valence-corrected chi connectivity index (χ1v) is 9.89. The van der Waals surface area contributed by atoms with Gasteiger partial charge < -0.3 is 10.1 Å². The summed E-state index contributed by atoms with van der Waals surface area (Å²) in [4.78, 5) is 27.8. The summed E-state index contributed by atoms with van der Waals surface area (Å²) in [5.41, 5.74) is 0.892. The van der Waals surface area contributed by atoms with E-state index >= 15 is 0 Å². The molecule has 0 atom stereocenters. The van der Waals surface area contributed by atoms with Crippen molar-refractivity contribution in [2.24, 2.45) is 0 Å². The molecule has 1 N–H and O–H groups in total. The van der Waals surface area contributed by atoms with Crippen molar-refractivity contribution in [2.75, 3.05) is 26.0 Å². The second-order valence-corrected chi connectivity index (χ2v) is 8.77. The third-order valence-electron chi connectivity index (χ3n) is 3.25. The Morgan fingerprint density at radius 3 is 2.65 bits per heavy atom. The Morgan fingerprint density at radius 2 is 2.04 bits per heavy atom. The first-order chi connectivity index (χ1) is 12.2. The number of carbonyl (C=O) groups excluding carboxylic acids is 2. The van der Waals surface area contributed by atoms with Crippen LogP contribution < -0.4 is 5.32 Å². The molecule has 2 rings (SSSR count). The molecule has 0 aliphatic heterocycles. The molecule has 0 bridgehead atoms. The number of esters is 1. The minimum atomic E-state index is -3.60. The summed E-state index contributed by atoms with van der Waals surface area (Å²) in [7, 11) is -0.762. The number of hydrogen-bond acceptors (Lipinski definition) is 7. The Labute approximate surface area is 155 Å². The monoisotopic (exact) mass is 397 g/mol. The molecule has 1 aromatic carbocycles. The van der Waals surface area contributed by atoms with E-state index in [1.165, 1.54) is 43.6 Å². The molecule has 0 unspecified atom stereocenters. The van der Waals surface area contributed by atoms with E-state index in [1.807, 2.05) is 6.92 Å². The number of anilines is 1. The molecule has 1 amide bonds. The summed E-state index contributed by atoms with van der Waals surface area (Å²) in [6.07, 6.45) is -0.00577. The van der Waals surface area contributed by atoms with Gasteiger partial charge in [-0.05, 0) is 25.1 Å². The van der Waals surface area contributed by atoms with Crippen LogP contribution in [-0.2, 0) is 30.8 Å². The van der Waals surface area contributed by atoms with E-state index in [0.717, 1.165) is 9.31 Å². The van der Waals surface area contributed by atoms with Gasteiger partial charge in [-0.1, -0.05) is 6.07 Å². The van der Waals surface area contributed by atoms with Crippen molar-refractivity contribution in [1.82, 2.24) is 9.29 Å². The lowest BCUT2D eigenvalue weighted by Crippen LogP contribution is -2.23. The highest BCUT2D eigenvalue weighted by Gasteiger charge is 2.18. The van der Waals surface area contributed by atoms with Crippen molar-refractivity contribution in [3.05, 3.63) is 40.3 Å². The third-order valence-corrected chi connectivity index (χ3v) is 5.89. The van der Waals surface area contributed by atoms with Crippen molar-refractivity contribution < 1.29 is 22.7 Å². The number of aromatic nitrogens is 1. The molecule has 0 saturated heterocycles. The average Bonchev–Trinajstić information content (AvgIpc) is 2.98. The van der Waals surface area contributed by atoms with Crippen LogP contribution in [0.15, 0.2) is 34.5 Å². The van der Waals surface area contributed by atoms with Crippen molar-refractivity contribution in [1.29, 1.82) is 0 Å². The summed E-state index contributed by atoms with van der Waals surface area (Å²) >= 11 is 1.43. The lowest BCUT2D eigenvalue weighted by atomic mass is 10.3. The van der Waals surface area contributed by atoms with Gasteiger partial charge in [0, 0.05) is 25.2 Å². The molecule has 0 spiro atoms. The van der Waals surface area contributed by atoms with Gasteiger partial charge in [0.15, 0.2) is 6.61 Å². The molecular weight excluding hydrogens is 378 g/mol. The normalized spacial score (nSPS) is 11.4. The standard InChI is InChI=1S/C16H19N3O5S2/c1-11-17-13(10-25-11)8-16(21)24-9-15(20)18-12-5-4-6-14(7-12)26(22,23)19(2)3/h4-7,10H,8-9H2,1-3H3,(H,18,20). The lowest BCUT2D eigenvalue weighted by Gasteiger charge is -2.12.